The molecular weight excluding hydrogens is 260 g/mol. The topological polar surface area (TPSA) is 38.1 Å². The van der Waals surface area contributed by atoms with Crippen LogP contribution in [0.2, 0.25) is 0 Å². The summed E-state index contributed by atoms with van der Waals surface area (Å²) in [6, 6.07) is 8.93. The van der Waals surface area contributed by atoms with Gasteiger partial charge in [-0.3, -0.25) is 0 Å². The van der Waals surface area contributed by atoms with Gasteiger partial charge in [0.05, 0.1) is 30.4 Å². The van der Waals surface area contributed by atoms with Gasteiger partial charge in [-0.1, -0.05) is 24.3 Å². The molecule has 4 aliphatic rings. The van der Waals surface area contributed by atoms with Crippen LogP contribution in [0.15, 0.2) is 36.8 Å². The highest BCUT2D eigenvalue weighted by molar-refractivity contribution is 5.69. The second-order valence-electron chi connectivity index (χ2n) is 6.96. The van der Waals surface area contributed by atoms with Crippen molar-refractivity contribution < 1.29 is 5.11 Å². The van der Waals surface area contributed by atoms with E-state index < -0.39 is 0 Å². The molecule has 0 radical (unpaired) electrons. The fraction of sp³-hybridized carbons (Fsp3) is 0.500. The number of imidazole rings is 1. The molecule has 6 rings (SSSR count). The Morgan fingerprint density at radius 3 is 2.62 bits per heavy atom. The predicted molar refractivity (Wildman–Crippen MR) is 80.7 cm³/mol. The molecule has 2 aromatic rings. The fourth-order valence-corrected chi connectivity index (χ4v) is 5.17. The van der Waals surface area contributed by atoms with E-state index in [-0.39, 0.29) is 12.1 Å². The number of benzene rings is 1. The standard InChI is InChI=1S/C18H20N2O/c21-18-12-7-5-11(6-8-12)16(18)17-14-4-2-1-3-13(14)15-9-19-10-20(15)17/h1-4,9-12,16-18,21H,5-8H2/t11?,12?,16-,17?,18+/m1/s1. The Morgan fingerprint density at radius 2 is 1.81 bits per heavy atom. The van der Waals surface area contributed by atoms with Crippen LogP contribution in [0, 0.1) is 17.8 Å². The number of nitrogens with zero attached hydrogens (tertiary/aromatic N) is 2. The Hall–Kier alpha value is -1.61. The van der Waals surface area contributed by atoms with Gasteiger partial charge in [-0.05, 0) is 43.1 Å². The van der Waals surface area contributed by atoms with E-state index >= 15 is 0 Å². The summed E-state index contributed by atoms with van der Waals surface area (Å²) in [5, 5.41) is 10.9. The van der Waals surface area contributed by atoms with Gasteiger partial charge < -0.3 is 9.67 Å². The number of aliphatic hydroxyl groups is 1. The molecule has 3 aliphatic carbocycles. The van der Waals surface area contributed by atoms with Crippen LogP contribution in [0.1, 0.15) is 37.3 Å². The molecule has 3 fully saturated rings. The molecule has 3 saturated carbocycles. The molecule has 2 bridgehead atoms. The first-order valence-electron chi connectivity index (χ1n) is 8.14. The molecule has 108 valence electrons. The van der Waals surface area contributed by atoms with Crippen LogP contribution in [0.25, 0.3) is 11.3 Å². The van der Waals surface area contributed by atoms with Crippen molar-refractivity contribution in [3.63, 3.8) is 0 Å². The number of rotatable bonds is 1. The van der Waals surface area contributed by atoms with Crippen LogP contribution in [0.3, 0.4) is 0 Å². The minimum Gasteiger partial charge on any atom is -0.392 e. The van der Waals surface area contributed by atoms with Gasteiger partial charge in [0, 0.05) is 11.5 Å². The van der Waals surface area contributed by atoms with Crippen molar-refractivity contribution in [2.24, 2.45) is 17.8 Å². The normalized spacial score (nSPS) is 36.5. The monoisotopic (exact) mass is 280 g/mol. The Balaban J connectivity index is 1.67. The van der Waals surface area contributed by atoms with Gasteiger partial charge in [-0.25, -0.2) is 4.98 Å². The van der Waals surface area contributed by atoms with Crippen molar-refractivity contribution in [3.05, 3.63) is 42.4 Å². The average molecular weight is 280 g/mol. The SMILES string of the molecule is O[C@H]1C2CCC(CC2)[C@@H]1C1c2ccccc2-c2cncn21. The van der Waals surface area contributed by atoms with Crippen LogP contribution in [-0.4, -0.2) is 20.8 Å². The van der Waals surface area contributed by atoms with Crippen molar-refractivity contribution in [1.29, 1.82) is 0 Å². The highest BCUT2D eigenvalue weighted by Crippen LogP contribution is 2.54. The Morgan fingerprint density at radius 1 is 1.05 bits per heavy atom. The highest BCUT2D eigenvalue weighted by Gasteiger charge is 2.49. The van der Waals surface area contributed by atoms with E-state index in [2.05, 4.69) is 33.8 Å². The summed E-state index contributed by atoms with van der Waals surface area (Å²) in [4.78, 5) is 4.36. The maximum Gasteiger partial charge on any atom is 0.0956 e. The third-order valence-electron chi connectivity index (χ3n) is 6.12. The van der Waals surface area contributed by atoms with Crippen LogP contribution in [-0.2, 0) is 0 Å². The molecular formula is C18H20N2O. The second-order valence-corrected chi connectivity index (χ2v) is 6.96. The Kier molecular flexibility index (Phi) is 2.40. The Bertz CT molecular complexity index is 682. The minimum atomic E-state index is -0.149. The smallest absolute Gasteiger partial charge is 0.0956 e. The van der Waals surface area contributed by atoms with Crippen LogP contribution in [0.4, 0.5) is 0 Å². The van der Waals surface area contributed by atoms with Gasteiger partial charge >= 0.3 is 0 Å². The maximum atomic E-state index is 10.9. The molecule has 2 heterocycles. The van der Waals surface area contributed by atoms with Gasteiger partial charge in [-0.2, -0.15) is 0 Å². The lowest BCUT2D eigenvalue weighted by molar-refractivity contribution is -0.0693. The van der Waals surface area contributed by atoms with E-state index in [0.717, 1.165) is 0 Å². The number of aliphatic hydroxyl groups excluding tert-OH is 1. The van der Waals surface area contributed by atoms with Gasteiger partial charge in [0.2, 0.25) is 0 Å². The molecule has 1 N–H and O–H groups in total. The van der Waals surface area contributed by atoms with Crippen molar-refractivity contribution in [2.75, 3.05) is 0 Å². The third kappa shape index (κ3) is 1.50. The van der Waals surface area contributed by atoms with E-state index in [1.165, 1.54) is 42.5 Å². The lowest BCUT2D eigenvalue weighted by Crippen LogP contribution is -2.47. The quantitative estimate of drug-likeness (QED) is 0.870. The van der Waals surface area contributed by atoms with Crippen molar-refractivity contribution in [3.8, 4) is 11.3 Å². The maximum absolute atomic E-state index is 10.9. The number of fused-ring (bicyclic) bond motifs is 6. The van der Waals surface area contributed by atoms with Crippen LogP contribution < -0.4 is 0 Å². The molecule has 3 atom stereocenters. The van der Waals surface area contributed by atoms with Gasteiger partial charge in [0.1, 0.15) is 0 Å². The van der Waals surface area contributed by atoms with Gasteiger partial charge in [-0.15, -0.1) is 0 Å². The molecule has 3 nitrogen and oxygen atoms in total. The molecule has 1 unspecified atom stereocenters. The average Bonchev–Trinajstić information content (AvgIpc) is 3.10. The third-order valence-corrected chi connectivity index (χ3v) is 6.12. The lowest BCUT2D eigenvalue weighted by Gasteiger charge is -2.49. The first kappa shape index (κ1) is 12.0. The number of aromatic nitrogens is 2. The van der Waals surface area contributed by atoms with Gasteiger partial charge in [0.25, 0.3) is 0 Å². The largest absolute Gasteiger partial charge is 0.392 e. The fourth-order valence-electron chi connectivity index (χ4n) is 5.17. The van der Waals surface area contributed by atoms with E-state index in [0.29, 0.717) is 17.8 Å². The van der Waals surface area contributed by atoms with Gasteiger partial charge in [0.15, 0.2) is 0 Å². The molecule has 1 aromatic heterocycles. The van der Waals surface area contributed by atoms with Crippen LogP contribution in [0.5, 0.6) is 0 Å². The van der Waals surface area contributed by atoms with Crippen molar-refractivity contribution >= 4 is 0 Å². The predicted octanol–water partition coefficient (Wildman–Crippen LogP) is 3.25. The number of hydrogen-bond acceptors (Lipinski definition) is 2. The van der Waals surface area contributed by atoms with E-state index in [1.807, 2.05) is 12.5 Å². The zero-order chi connectivity index (χ0) is 14.0. The first-order valence-corrected chi connectivity index (χ1v) is 8.14. The summed E-state index contributed by atoms with van der Waals surface area (Å²) in [5.74, 6) is 1.53. The molecule has 3 heteroatoms. The summed E-state index contributed by atoms with van der Waals surface area (Å²) >= 11 is 0. The summed E-state index contributed by atoms with van der Waals surface area (Å²) in [6.07, 6.45) is 8.77. The van der Waals surface area contributed by atoms with Crippen LogP contribution >= 0.6 is 0 Å². The van der Waals surface area contributed by atoms with Crippen molar-refractivity contribution in [1.82, 2.24) is 9.55 Å². The van der Waals surface area contributed by atoms with E-state index in [4.69, 9.17) is 0 Å². The molecule has 1 aromatic carbocycles. The highest BCUT2D eigenvalue weighted by atomic mass is 16.3. The number of hydrogen-bond donors (Lipinski definition) is 1. The van der Waals surface area contributed by atoms with E-state index in [9.17, 15) is 5.11 Å². The minimum absolute atomic E-state index is 0.149. The first-order chi connectivity index (χ1) is 10.3. The zero-order valence-electron chi connectivity index (χ0n) is 12.0. The van der Waals surface area contributed by atoms with Crippen molar-refractivity contribution in [2.45, 2.75) is 37.8 Å². The molecule has 0 amide bonds. The summed E-state index contributed by atoms with van der Waals surface area (Å²) < 4.78 is 2.30. The van der Waals surface area contributed by atoms with E-state index in [1.54, 1.807) is 0 Å². The lowest BCUT2D eigenvalue weighted by atomic mass is 9.60. The summed E-state index contributed by atoms with van der Waals surface area (Å²) in [7, 11) is 0. The summed E-state index contributed by atoms with van der Waals surface area (Å²) in [5.41, 5.74) is 3.89. The molecule has 1 aliphatic heterocycles. The molecule has 0 spiro atoms. The Labute approximate surface area is 124 Å². The zero-order valence-corrected chi connectivity index (χ0v) is 12.0. The molecule has 21 heavy (non-hydrogen) atoms. The second kappa shape index (κ2) is 4.20. The summed E-state index contributed by atoms with van der Waals surface area (Å²) in [6.45, 7) is 0. The molecule has 0 saturated heterocycles.